The Balaban J connectivity index is 1.68. The van der Waals surface area contributed by atoms with Gasteiger partial charge in [-0.3, -0.25) is 0 Å². The lowest BCUT2D eigenvalue weighted by Gasteiger charge is -2.23. The number of hydrogen-bond donors (Lipinski definition) is 3. The molecule has 2 aromatic rings. The van der Waals surface area contributed by atoms with Crippen molar-refractivity contribution >= 4 is 0 Å². The number of rotatable bonds is 6. The fraction of sp³-hybridized carbons (Fsp3) is 0.455. The van der Waals surface area contributed by atoms with Gasteiger partial charge in [-0.1, -0.05) is 37.3 Å². The molecule has 6 nitrogen and oxygen atoms in total. The van der Waals surface area contributed by atoms with E-state index >= 15 is 0 Å². The van der Waals surface area contributed by atoms with E-state index in [0.29, 0.717) is 17.2 Å². The van der Waals surface area contributed by atoms with Gasteiger partial charge < -0.3 is 29.5 Å². The summed E-state index contributed by atoms with van der Waals surface area (Å²) in [5.74, 6) is 1.65. The molecule has 1 aliphatic carbocycles. The molecule has 0 spiro atoms. The predicted octanol–water partition coefficient (Wildman–Crippen LogP) is 2.07. The largest absolute Gasteiger partial charge is 0.496 e. The molecule has 5 unspecified atom stereocenters. The lowest BCUT2D eigenvalue weighted by molar-refractivity contribution is 0.0534. The number of hydrogen-bond acceptors (Lipinski definition) is 6. The van der Waals surface area contributed by atoms with E-state index < -0.39 is 12.2 Å². The summed E-state index contributed by atoms with van der Waals surface area (Å²) in [5, 5.41) is 29.5. The van der Waals surface area contributed by atoms with Crippen LogP contribution in [0.15, 0.2) is 42.5 Å². The molecule has 3 N–H and O–H groups in total. The van der Waals surface area contributed by atoms with Gasteiger partial charge in [0.1, 0.15) is 36.1 Å². The van der Waals surface area contributed by atoms with Crippen molar-refractivity contribution in [2.45, 2.75) is 37.1 Å². The summed E-state index contributed by atoms with van der Waals surface area (Å²) >= 11 is 0. The molecule has 0 bridgehead atoms. The van der Waals surface area contributed by atoms with Gasteiger partial charge in [0.2, 0.25) is 0 Å². The van der Waals surface area contributed by atoms with E-state index in [1.54, 1.807) is 19.2 Å². The summed E-state index contributed by atoms with van der Waals surface area (Å²) in [5.41, 5.74) is 2.01. The van der Waals surface area contributed by atoms with E-state index in [2.05, 4.69) is 19.1 Å². The maximum atomic E-state index is 11.0. The van der Waals surface area contributed by atoms with Crippen molar-refractivity contribution in [1.82, 2.24) is 0 Å². The smallest absolute Gasteiger partial charge is 0.130 e. The van der Waals surface area contributed by atoms with Crippen LogP contribution in [0.4, 0.5) is 0 Å². The molecule has 1 fully saturated rings. The first-order valence-corrected chi connectivity index (χ1v) is 9.58. The third-order valence-corrected chi connectivity index (χ3v) is 5.91. The van der Waals surface area contributed by atoms with Crippen LogP contribution in [-0.2, 0) is 0 Å². The highest BCUT2D eigenvalue weighted by atomic mass is 16.5. The molecular weight excluding hydrogens is 360 g/mol. The molecule has 0 aromatic heterocycles. The van der Waals surface area contributed by atoms with Gasteiger partial charge in [0.25, 0.3) is 0 Å². The van der Waals surface area contributed by atoms with Crippen LogP contribution >= 0.6 is 0 Å². The topological polar surface area (TPSA) is 88.4 Å². The summed E-state index contributed by atoms with van der Waals surface area (Å²) in [6.45, 7) is 1.66. The second-order valence-electron chi connectivity index (χ2n) is 7.58. The Labute approximate surface area is 164 Å². The molecule has 0 saturated heterocycles. The van der Waals surface area contributed by atoms with Gasteiger partial charge in [0.05, 0.1) is 25.7 Å². The van der Waals surface area contributed by atoms with Gasteiger partial charge >= 0.3 is 0 Å². The molecule has 1 saturated carbocycles. The number of ether oxygens (including phenoxy) is 3. The Bertz CT molecular complexity index is 823. The number of aliphatic hydroxyl groups excluding tert-OH is 3. The van der Waals surface area contributed by atoms with Crippen LogP contribution < -0.4 is 14.2 Å². The quantitative estimate of drug-likeness (QED) is 0.704. The molecule has 1 aliphatic heterocycles. The van der Waals surface area contributed by atoms with E-state index in [1.165, 1.54) is 0 Å². The van der Waals surface area contributed by atoms with Crippen molar-refractivity contribution in [2.24, 2.45) is 5.92 Å². The van der Waals surface area contributed by atoms with Crippen molar-refractivity contribution in [3.8, 4) is 17.2 Å². The molecule has 6 heteroatoms. The van der Waals surface area contributed by atoms with Gasteiger partial charge in [-0.25, -0.2) is 0 Å². The zero-order chi connectivity index (χ0) is 19.8. The van der Waals surface area contributed by atoms with Crippen LogP contribution in [0.2, 0.25) is 0 Å². The number of methoxy groups -OCH3 is 1. The predicted molar refractivity (Wildman–Crippen MR) is 103 cm³/mol. The van der Waals surface area contributed by atoms with Gasteiger partial charge in [0, 0.05) is 23.6 Å². The lowest BCUT2D eigenvalue weighted by Crippen LogP contribution is -2.22. The zero-order valence-electron chi connectivity index (χ0n) is 16.0. The highest BCUT2D eigenvalue weighted by molar-refractivity contribution is 5.57. The van der Waals surface area contributed by atoms with E-state index in [9.17, 15) is 10.2 Å². The van der Waals surface area contributed by atoms with E-state index in [1.807, 2.05) is 18.2 Å². The van der Waals surface area contributed by atoms with Crippen LogP contribution in [-0.4, -0.2) is 54.0 Å². The van der Waals surface area contributed by atoms with Crippen LogP contribution in [0.25, 0.3) is 0 Å². The summed E-state index contributed by atoms with van der Waals surface area (Å²) in [7, 11) is 1.58. The monoisotopic (exact) mass is 386 g/mol. The second kappa shape index (κ2) is 7.62. The van der Waals surface area contributed by atoms with Gasteiger partial charge in [0.15, 0.2) is 0 Å². The highest BCUT2D eigenvalue weighted by Crippen LogP contribution is 2.58. The van der Waals surface area contributed by atoms with E-state index in [-0.39, 0.29) is 37.1 Å². The summed E-state index contributed by atoms with van der Waals surface area (Å²) in [4.78, 5) is 0. The van der Waals surface area contributed by atoms with Crippen molar-refractivity contribution in [2.75, 3.05) is 20.3 Å². The molecule has 0 amide bonds. The molecule has 2 aliphatic rings. The van der Waals surface area contributed by atoms with Crippen LogP contribution in [0.3, 0.4) is 0 Å². The average Bonchev–Trinajstić information content (AvgIpc) is 3.20. The molecule has 1 heterocycles. The van der Waals surface area contributed by atoms with Gasteiger partial charge in [-0.15, -0.1) is 0 Å². The van der Waals surface area contributed by atoms with Crippen molar-refractivity contribution in [3.63, 3.8) is 0 Å². The van der Waals surface area contributed by atoms with Crippen molar-refractivity contribution in [1.29, 1.82) is 0 Å². The van der Waals surface area contributed by atoms with Crippen molar-refractivity contribution in [3.05, 3.63) is 53.6 Å². The molecule has 150 valence electrons. The Kier molecular flexibility index (Phi) is 5.19. The Hall–Kier alpha value is -2.28. The van der Waals surface area contributed by atoms with Crippen molar-refractivity contribution < 1.29 is 29.5 Å². The zero-order valence-corrected chi connectivity index (χ0v) is 16.0. The summed E-state index contributed by atoms with van der Waals surface area (Å²) in [6.07, 6.45) is -1.69. The lowest BCUT2D eigenvalue weighted by atomic mass is 9.88. The summed E-state index contributed by atoms with van der Waals surface area (Å²) < 4.78 is 17.5. The molecule has 2 aromatic carbocycles. The number of aliphatic hydroxyl groups is 3. The molecule has 0 radical (unpaired) electrons. The Morgan fingerprint density at radius 1 is 1.14 bits per heavy atom. The SMILES string of the molecule is COc1cc(OCC(O)CO)cc2c1C1C(O)C(C)[C@@H](c3ccccc3)C1O2. The van der Waals surface area contributed by atoms with Gasteiger partial charge in [-0.05, 0) is 11.5 Å². The first-order chi connectivity index (χ1) is 13.5. The average molecular weight is 386 g/mol. The van der Waals surface area contributed by atoms with Crippen LogP contribution in [0.5, 0.6) is 17.2 Å². The van der Waals surface area contributed by atoms with Crippen LogP contribution in [0.1, 0.15) is 29.9 Å². The maximum absolute atomic E-state index is 11.0. The summed E-state index contributed by atoms with van der Waals surface area (Å²) in [6, 6.07) is 13.6. The van der Waals surface area contributed by atoms with E-state index in [0.717, 1.165) is 11.1 Å². The minimum atomic E-state index is -0.954. The maximum Gasteiger partial charge on any atom is 0.130 e. The Morgan fingerprint density at radius 2 is 1.89 bits per heavy atom. The highest BCUT2D eigenvalue weighted by Gasteiger charge is 2.55. The van der Waals surface area contributed by atoms with Crippen LogP contribution in [0, 0.1) is 5.92 Å². The third kappa shape index (κ3) is 3.11. The molecular formula is C22H26O6. The molecule has 28 heavy (non-hydrogen) atoms. The standard InChI is InChI=1S/C22H26O6/c1-12-18(13-6-4-3-5-7-13)22-20(21(12)25)19-16(26-2)8-15(9-17(19)28-22)27-11-14(24)10-23/h3-9,12,14,18,20-25H,10-11H2,1-2H3/t12?,14?,18-,20?,21?,22?/m0/s1. The fourth-order valence-electron chi connectivity index (χ4n) is 4.55. The minimum Gasteiger partial charge on any atom is -0.496 e. The van der Waals surface area contributed by atoms with Gasteiger partial charge in [-0.2, -0.15) is 0 Å². The molecule has 4 rings (SSSR count). The first kappa shape index (κ1) is 19.1. The molecule has 6 atom stereocenters. The van der Waals surface area contributed by atoms with E-state index in [4.69, 9.17) is 19.3 Å². The second-order valence-corrected chi connectivity index (χ2v) is 7.58. The minimum absolute atomic E-state index is 0.0302. The number of benzene rings is 2. The number of fused-ring (bicyclic) bond motifs is 3. The normalized spacial score (nSPS) is 29.0. The first-order valence-electron chi connectivity index (χ1n) is 9.58. The Morgan fingerprint density at radius 3 is 2.57 bits per heavy atom. The third-order valence-electron chi connectivity index (χ3n) is 5.91. The fourth-order valence-corrected chi connectivity index (χ4v) is 4.55.